The average molecular weight is 500 g/mol. The largest absolute Gasteiger partial charge is 0.505 e. The van der Waals surface area contributed by atoms with Crippen LogP contribution < -0.4 is 16.2 Å². The molecule has 0 unspecified atom stereocenters. The van der Waals surface area contributed by atoms with E-state index < -0.39 is 35.3 Å². The first kappa shape index (κ1) is 26.4. The van der Waals surface area contributed by atoms with Crippen molar-refractivity contribution < 1.29 is 28.2 Å². The minimum atomic E-state index is -3.33. The molecule has 0 aliphatic rings. The SMILES string of the molecule is CCOC(=O)C[C@@H](NC(=O)Nc1c(O)ccn(C)c1=O)c1cccc(C(F)(F)c2ccccc2C)c1. The summed E-state index contributed by atoms with van der Waals surface area (Å²) in [6, 6.07) is 10.8. The molecule has 0 bridgehead atoms. The van der Waals surface area contributed by atoms with Gasteiger partial charge in [0.2, 0.25) is 0 Å². The van der Waals surface area contributed by atoms with Crippen LogP contribution in [0.1, 0.15) is 41.6 Å². The van der Waals surface area contributed by atoms with E-state index in [4.69, 9.17) is 4.74 Å². The Kier molecular flexibility index (Phi) is 8.08. The van der Waals surface area contributed by atoms with Crippen molar-refractivity contribution in [3.05, 3.63) is 93.4 Å². The van der Waals surface area contributed by atoms with E-state index in [1.807, 2.05) is 0 Å². The van der Waals surface area contributed by atoms with Gasteiger partial charge in [0.1, 0.15) is 5.75 Å². The highest BCUT2D eigenvalue weighted by molar-refractivity contribution is 5.91. The molecule has 0 spiro atoms. The summed E-state index contributed by atoms with van der Waals surface area (Å²) in [7, 11) is 1.44. The second kappa shape index (κ2) is 11.0. The standard InChI is InChI=1S/C26H27F2N3O5/c1-4-36-22(33)15-20(29-25(35)30-23-21(32)12-13-31(3)24(23)34)17-9-7-10-18(14-17)26(27,28)19-11-6-5-8-16(19)2/h5-14,20,32H,4,15H2,1-3H3,(H2,29,30,35)/t20-/m1/s1. The summed E-state index contributed by atoms with van der Waals surface area (Å²) in [5.74, 6) is -4.44. The number of anilines is 1. The van der Waals surface area contributed by atoms with Crippen LogP contribution in [-0.2, 0) is 22.5 Å². The van der Waals surface area contributed by atoms with Gasteiger partial charge in [-0.2, -0.15) is 8.78 Å². The van der Waals surface area contributed by atoms with E-state index in [0.29, 0.717) is 5.56 Å². The molecule has 3 rings (SSSR count). The highest BCUT2D eigenvalue weighted by Crippen LogP contribution is 2.38. The highest BCUT2D eigenvalue weighted by atomic mass is 19.3. The second-order valence-corrected chi connectivity index (χ2v) is 8.17. The number of ether oxygens (including phenoxy) is 1. The summed E-state index contributed by atoms with van der Waals surface area (Å²) in [4.78, 5) is 37.2. The van der Waals surface area contributed by atoms with Crippen LogP contribution >= 0.6 is 0 Å². The van der Waals surface area contributed by atoms with Crippen LogP contribution in [0, 0.1) is 6.92 Å². The number of nitrogens with zero attached hydrogens (tertiary/aromatic N) is 1. The number of amides is 2. The number of benzene rings is 2. The molecule has 2 aromatic carbocycles. The zero-order valence-corrected chi connectivity index (χ0v) is 20.0. The van der Waals surface area contributed by atoms with Crippen molar-refractivity contribution in [2.45, 2.75) is 32.2 Å². The lowest BCUT2D eigenvalue weighted by atomic mass is 9.93. The topological polar surface area (TPSA) is 110 Å². The van der Waals surface area contributed by atoms with Crippen molar-refractivity contribution in [2.24, 2.45) is 7.05 Å². The van der Waals surface area contributed by atoms with Crippen LogP contribution in [-0.4, -0.2) is 28.3 Å². The Labute approximate surface area is 206 Å². The van der Waals surface area contributed by atoms with E-state index in [2.05, 4.69) is 10.6 Å². The summed E-state index contributed by atoms with van der Waals surface area (Å²) in [5.41, 5.74) is -0.865. The van der Waals surface area contributed by atoms with Crippen molar-refractivity contribution in [1.82, 2.24) is 9.88 Å². The first-order valence-corrected chi connectivity index (χ1v) is 11.2. The van der Waals surface area contributed by atoms with Crippen LogP contribution in [0.4, 0.5) is 19.3 Å². The third-order valence-electron chi connectivity index (χ3n) is 5.60. The number of nitrogens with one attached hydrogen (secondary N) is 2. The van der Waals surface area contributed by atoms with E-state index in [1.54, 1.807) is 26.0 Å². The predicted octanol–water partition coefficient (Wildman–Crippen LogP) is 4.36. The first-order valence-electron chi connectivity index (χ1n) is 11.2. The molecule has 2 amide bonds. The maximum atomic E-state index is 15.4. The second-order valence-electron chi connectivity index (χ2n) is 8.17. The molecule has 36 heavy (non-hydrogen) atoms. The number of esters is 1. The quantitative estimate of drug-likeness (QED) is 0.399. The summed E-state index contributed by atoms with van der Waals surface area (Å²) in [6.07, 6.45) is 0.976. The Hall–Kier alpha value is -4.21. The molecule has 8 nitrogen and oxygen atoms in total. The molecule has 0 radical (unpaired) electrons. The first-order chi connectivity index (χ1) is 17.0. The van der Waals surface area contributed by atoms with Gasteiger partial charge in [-0.15, -0.1) is 0 Å². The lowest BCUT2D eigenvalue weighted by Gasteiger charge is -2.23. The number of urea groups is 1. The molecule has 1 atom stereocenters. The third kappa shape index (κ3) is 5.88. The van der Waals surface area contributed by atoms with Gasteiger partial charge in [-0.05, 0) is 37.1 Å². The Morgan fingerprint density at radius 2 is 1.86 bits per heavy atom. The van der Waals surface area contributed by atoms with Crippen molar-refractivity contribution in [1.29, 1.82) is 0 Å². The molecule has 0 fully saturated rings. The molecule has 3 N–H and O–H groups in total. The fourth-order valence-corrected chi connectivity index (χ4v) is 3.71. The Balaban J connectivity index is 1.93. The van der Waals surface area contributed by atoms with Gasteiger partial charge in [0, 0.05) is 24.4 Å². The molecule has 10 heteroatoms. The van der Waals surface area contributed by atoms with Gasteiger partial charge in [0.25, 0.3) is 11.5 Å². The summed E-state index contributed by atoms with van der Waals surface area (Å²) in [6.45, 7) is 3.30. The molecule has 3 aromatic rings. The monoisotopic (exact) mass is 499 g/mol. The van der Waals surface area contributed by atoms with Crippen molar-refractivity contribution >= 4 is 17.7 Å². The lowest BCUT2D eigenvalue weighted by Crippen LogP contribution is -2.36. The van der Waals surface area contributed by atoms with Gasteiger partial charge in [0.05, 0.1) is 19.1 Å². The fourth-order valence-electron chi connectivity index (χ4n) is 3.71. The minimum absolute atomic E-state index is 0.0943. The molecule has 0 aliphatic carbocycles. The Morgan fingerprint density at radius 3 is 2.56 bits per heavy atom. The number of carbonyl (C=O) groups excluding carboxylic acids is 2. The molecule has 0 aliphatic heterocycles. The fraction of sp³-hybridized carbons (Fsp3) is 0.269. The van der Waals surface area contributed by atoms with Gasteiger partial charge in [-0.25, -0.2) is 4.79 Å². The smallest absolute Gasteiger partial charge is 0.319 e. The minimum Gasteiger partial charge on any atom is -0.505 e. The van der Waals surface area contributed by atoms with E-state index in [0.717, 1.165) is 4.57 Å². The van der Waals surface area contributed by atoms with Gasteiger partial charge in [-0.3, -0.25) is 9.59 Å². The number of alkyl halides is 2. The molecule has 0 saturated carbocycles. The van der Waals surface area contributed by atoms with E-state index in [1.165, 1.54) is 55.7 Å². The van der Waals surface area contributed by atoms with Crippen molar-refractivity contribution in [3.8, 4) is 5.75 Å². The average Bonchev–Trinajstić information content (AvgIpc) is 2.84. The molecule has 0 saturated heterocycles. The van der Waals surface area contributed by atoms with Gasteiger partial charge >= 0.3 is 12.0 Å². The van der Waals surface area contributed by atoms with Gasteiger partial charge in [0.15, 0.2) is 5.69 Å². The predicted molar refractivity (Wildman–Crippen MR) is 130 cm³/mol. The van der Waals surface area contributed by atoms with Gasteiger partial charge < -0.3 is 25.0 Å². The number of aromatic nitrogens is 1. The van der Waals surface area contributed by atoms with Crippen LogP contribution in [0.2, 0.25) is 0 Å². The molecular weight excluding hydrogens is 472 g/mol. The Morgan fingerprint density at radius 1 is 1.14 bits per heavy atom. The molecule has 190 valence electrons. The lowest BCUT2D eigenvalue weighted by molar-refractivity contribution is -0.143. The number of hydrogen-bond donors (Lipinski definition) is 3. The van der Waals surface area contributed by atoms with Crippen LogP contribution in [0.5, 0.6) is 5.75 Å². The Bertz CT molecular complexity index is 1320. The number of carbonyl (C=O) groups is 2. The van der Waals surface area contributed by atoms with Crippen LogP contribution in [0.3, 0.4) is 0 Å². The van der Waals surface area contributed by atoms with Crippen molar-refractivity contribution in [3.63, 3.8) is 0 Å². The van der Waals surface area contributed by atoms with E-state index in [-0.39, 0.29) is 35.4 Å². The summed E-state index contributed by atoms with van der Waals surface area (Å²) in [5, 5.41) is 14.8. The number of halogens is 2. The summed E-state index contributed by atoms with van der Waals surface area (Å²) < 4.78 is 36.9. The number of rotatable bonds is 8. The highest BCUT2D eigenvalue weighted by Gasteiger charge is 2.36. The van der Waals surface area contributed by atoms with Crippen LogP contribution in [0.15, 0.2) is 65.6 Å². The third-order valence-corrected chi connectivity index (χ3v) is 5.60. The maximum absolute atomic E-state index is 15.4. The molecule has 1 heterocycles. The number of aryl methyl sites for hydroxylation is 2. The van der Waals surface area contributed by atoms with Crippen LogP contribution in [0.25, 0.3) is 0 Å². The van der Waals surface area contributed by atoms with E-state index in [9.17, 15) is 19.5 Å². The molecule has 1 aromatic heterocycles. The molecular formula is C26H27F2N3O5. The number of pyridine rings is 1. The van der Waals surface area contributed by atoms with Crippen molar-refractivity contribution in [2.75, 3.05) is 11.9 Å². The number of aromatic hydroxyl groups is 1. The van der Waals surface area contributed by atoms with E-state index >= 15 is 8.78 Å². The zero-order chi connectivity index (χ0) is 26.5. The number of hydrogen-bond acceptors (Lipinski definition) is 5. The maximum Gasteiger partial charge on any atom is 0.319 e. The summed E-state index contributed by atoms with van der Waals surface area (Å²) >= 11 is 0. The zero-order valence-electron chi connectivity index (χ0n) is 20.0. The van der Waals surface area contributed by atoms with Gasteiger partial charge in [-0.1, -0.05) is 42.5 Å². The normalized spacial score (nSPS) is 12.0.